The van der Waals surface area contributed by atoms with Crippen molar-refractivity contribution in [3.05, 3.63) is 0 Å². The number of halogens is 3. The second-order valence-electron chi connectivity index (χ2n) is 6.37. The van der Waals surface area contributed by atoms with Gasteiger partial charge < -0.3 is 5.32 Å². The molecule has 0 aliphatic carbocycles. The number of rotatable bonds is 7. The van der Waals surface area contributed by atoms with Crippen molar-refractivity contribution >= 4 is 0 Å². The molecule has 1 aliphatic heterocycles. The molecule has 1 N–H and O–H groups in total. The molecule has 5 heteroatoms. The van der Waals surface area contributed by atoms with Gasteiger partial charge in [0.1, 0.15) is 0 Å². The van der Waals surface area contributed by atoms with Crippen molar-refractivity contribution in [3.8, 4) is 0 Å². The summed E-state index contributed by atoms with van der Waals surface area (Å²) in [6, 6.07) is 0.240. The highest BCUT2D eigenvalue weighted by molar-refractivity contribution is 4.83. The Morgan fingerprint density at radius 2 is 1.95 bits per heavy atom. The summed E-state index contributed by atoms with van der Waals surface area (Å²) in [4.78, 5) is 2.05. The van der Waals surface area contributed by atoms with Crippen LogP contribution in [0.25, 0.3) is 0 Å². The van der Waals surface area contributed by atoms with E-state index in [1.807, 2.05) is 0 Å². The Morgan fingerprint density at radius 3 is 2.50 bits per heavy atom. The van der Waals surface area contributed by atoms with Crippen LogP contribution in [-0.4, -0.2) is 43.3 Å². The van der Waals surface area contributed by atoms with Gasteiger partial charge in [0.2, 0.25) is 0 Å². The molecule has 0 spiro atoms. The Morgan fingerprint density at radius 1 is 1.25 bits per heavy atom. The Kier molecular flexibility index (Phi) is 7.30. The maximum absolute atomic E-state index is 12.9. The van der Waals surface area contributed by atoms with Crippen LogP contribution in [0.5, 0.6) is 0 Å². The highest BCUT2D eigenvalue weighted by Gasteiger charge is 2.42. The number of nitrogens with zero attached hydrogens (tertiary/aromatic N) is 1. The minimum Gasteiger partial charge on any atom is -0.315 e. The number of nitrogens with one attached hydrogen (secondary N) is 1. The highest BCUT2D eigenvalue weighted by Crippen LogP contribution is 2.34. The molecule has 1 rings (SSSR count). The number of hydrogen-bond donors (Lipinski definition) is 1. The first-order valence-corrected chi connectivity index (χ1v) is 7.86. The SMILES string of the molecule is CCCC(CNCC(C)C)N1CCCC(C(F)(F)F)C1. The maximum atomic E-state index is 12.9. The van der Waals surface area contributed by atoms with Crippen LogP contribution >= 0.6 is 0 Å². The summed E-state index contributed by atoms with van der Waals surface area (Å²) in [5.74, 6) is -0.567. The van der Waals surface area contributed by atoms with Crippen LogP contribution in [0, 0.1) is 11.8 Å². The van der Waals surface area contributed by atoms with E-state index in [9.17, 15) is 13.2 Å². The van der Waals surface area contributed by atoms with Crippen molar-refractivity contribution in [2.45, 2.75) is 58.7 Å². The van der Waals surface area contributed by atoms with Gasteiger partial charge in [-0.05, 0) is 38.3 Å². The second-order valence-corrected chi connectivity index (χ2v) is 6.37. The van der Waals surface area contributed by atoms with Crippen molar-refractivity contribution in [3.63, 3.8) is 0 Å². The van der Waals surface area contributed by atoms with Gasteiger partial charge in [-0.2, -0.15) is 13.2 Å². The maximum Gasteiger partial charge on any atom is 0.393 e. The van der Waals surface area contributed by atoms with Crippen LogP contribution in [0.15, 0.2) is 0 Å². The summed E-state index contributed by atoms with van der Waals surface area (Å²) in [5, 5.41) is 3.40. The first-order valence-electron chi connectivity index (χ1n) is 7.86. The van der Waals surface area contributed by atoms with Crippen molar-refractivity contribution < 1.29 is 13.2 Å². The predicted octanol–water partition coefficient (Wildman–Crippen LogP) is 3.68. The lowest BCUT2D eigenvalue weighted by Crippen LogP contribution is -2.50. The molecule has 0 aromatic carbocycles. The van der Waals surface area contributed by atoms with Gasteiger partial charge in [0.15, 0.2) is 0 Å². The van der Waals surface area contributed by atoms with Gasteiger partial charge in [0.25, 0.3) is 0 Å². The Labute approximate surface area is 121 Å². The van der Waals surface area contributed by atoms with Gasteiger partial charge in [-0.1, -0.05) is 27.2 Å². The molecule has 1 heterocycles. The highest BCUT2D eigenvalue weighted by atomic mass is 19.4. The van der Waals surface area contributed by atoms with Crippen LogP contribution in [0.2, 0.25) is 0 Å². The summed E-state index contributed by atoms with van der Waals surface area (Å²) in [5.41, 5.74) is 0. The molecule has 1 saturated heterocycles. The zero-order chi connectivity index (χ0) is 15.2. The zero-order valence-corrected chi connectivity index (χ0v) is 13.0. The largest absolute Gasteiger partial charge is 0.393 e. The van der Waals surface area contributed by atoms with Crippen LogP contribution < -0.4 is 5.32 Å². The molecule has 120 valence electrons. The van der Waals surface area contributed by atoms with Crippen molar-refractivity contribution in [1.82, 2.24) is 10.2 Å². The lowest BCUT2D eigenvalue weighted by molar-refractivity contribution is -0.188. The normalized spacial score (nSPS) is 23.2. The van der Waals surface area contributed by atoms with Crippen LogP contribution in [0.1, 0.15) is 46.5 Å². The van der Waals surface area contributed by atoms with E-state index >= 15 is 0 Å². The third-order valence-electron chi connectivity index (χ3n) is 3.99. The van der Waals surface area contributed by atoms with Gasteiger partial charge in [0.05, 0.1) is 5.92 Å². The smallest absolute Gasteiger partial charge is 0.315 e. The minimum atomic E-state index is -4.04. The first kappa shape index (κ1) is 17.8. The quantitative estimate of drug-likeness (QED) is 0.770. The predicted molar refractivity (Wildman–Crippen MR) is 76.8 cm³/mol. The molecule has 0 aromatic heterocycles. The molecule has 2 nitrogen and oxygen atoms in total. The third-order valence-corrected chi connectivity index (χ3v) is 3.99. The third kappa shape index (κ3) is 6.00. The van der Waals surface area contributed by atoms with Crippen molar-refractivity contribution in [2.24, 2.45) is 11.8 Å². The molecule has 0 radical (unpaired) electrons. The van der Waals surface area contributed by atoms with E-state index in [1.165, 1.54) is 0 Å². The number of likely N-dealkylation sites (tertiary alicyclic amines) is 1. The molecule has 0 bridgehead atoms. The number of hydrogen-bond acceptors (Lipinski definition) is 2. The fourth-order valence-electron chi connectivity index (χ4n) is 2.89. The van der Waals surface area contributed by atoms with E-state index in [2.05, 4.69) is 31.0 Å². The summed E-state index contributed by atoms with van der Waals surface area (Å²) < 4.78 is 38.6. The first-order chi connectivity index (χ1) is 9.34. The number of alkyl halides is 3. The van der Waals surface area contributed by atoms with E-state index in [0.29, 0.717) is 12.3 Å². The summed E-state index contributed by atoms with van der Waals surface area (Å²) in [7, 11) is 0. The van der Waals surface area contributed by atoms with Crippen molar-refractivity contribution in [1.29, 1.82) is 0 Å². The molecular formula is C15H29F3N2. The van der Waals surface area contributed by atoms with E-state index < -0.39 is 12.1 Å². The van der Waals surface area contributed by atoms with Crippen molar-refractivity contribution in [2.75, 3.05) is 26.2 Å². The second kappa shape index (κ2) is 8.23. The monoisotopic (exact) mass is 294 g/mol. The molecule has 0 amide bonds. The molecule has 1 aliphatic rings. The molecule has 0 aromatic rings. The van der Waals surface area contributed by atoms with Gasteiger partial charge in [-0.3, -0.25) is 4.90 Å². The van der Waals surface area contributed by atoms with Crippen LogP contribution in [0.4, 0.5) is 13.2 Å². The molecule has 0 saturated carbocycles. The Bertz CT molecular complexity index is 266. The van der Waals surface area contributed by atoms with Gasteiger partial charge in [-0.25, -0.2) is 0 Å². The van der Waals surface area contributed by atoms with Crippen LogP contribution in [-0.2, 0) is 0 Å². The average Bonchev–Trinajstić information content (AvgIpc) is 2.36. The van der Waals surface area contributed by atoms with E-state index in [1.54, 1.807) is 0 Å². The van der Waals surface area contributed by atoms with Gasteiger partial charge in [0, 0.05) is 19.1 Å². The molecule has 20 heavy (non-hydrogen) atoms. The molecule has 2 atom stereocenters. The Balaban J connectivity index is 2.52. The zero-order valence-electron chi connectivity index (χ0n) is 13.0. The van der Waals surface area contributed by atoms with Gasteiger partial charge in [-0.15, -0.1) is 0 Å². The van der Waals surface area contributed by atoms with E-state index in [4.69, 9.17) is 0 Å². The molecular weight excluding hydrogens is 265 g/mol. The number of piperidine rings is 1. The van der Waals surface area contributed by atoms with E-state index in [0.717, 1.165) is 32.5 Å². The topological polar surface area (TPSA) is 15.3 Å². The Hall–Kier alpha value is -0.290. The molecule has 2 unspecified atom stereocenters. The van der Waals surface area contributed by atoms with Crippen LogP contribution in [0.3, 0.4) is 0 Å². The summed E-state index contributed by atoms with van der Waals surface area (Å²) in [6.45, 7) is 9.09. The summed E-state index contributed by atoms with van der Waals surface area (Å²) in [6.07, 6.45) is -1.11. The standard InChI is InChI=1S/C15H29F3N2/c1-4-6-14(10-19-9-12(2)3)20-8-5-7-13(11-20)15(16,17)18/h12-14,19H,4-11H2,1-3H3. The molecule has 1 fully saturated rings. The fourth-order valence-corrected chi connectivity index (χ4v) is 2.89. The lowest BCUT2D eigenvalue weighted by Gasteiger charge is -2.39. The average molecular weight is 294 g/mol. The van der Waals surface area contributed by atoms with E-state index in [-0.39, 0.29) is 19.0 Å². The lowest BCUT2D eigenvalue weighted by atomic mass is 9.95. The van der Waals surface area contributed by atoms with Gasteiger partial charge >= 0.3 is 6.18 Å². The summed E-state index contributed by atoms with van der Waals surface area (Å²) >= 11 is 0. The minimum absolute atomic E-state index is 0.178. The fraction of sp³-hybridized carbons (Fsp3) is 1.00.